The van der Waals surface area contributed by atoms with Crippen LogP contribution in [0, 0.1) is 0 Å². The number of hydrogen-bond acceptors (Lipinski definition) is 4. The third-order valence-corrected chi connectivity index (χ3v) is 4.34. The van der Waals surface area contributed by atoms with Crippen molar-refractivity contribution in [1.29, 1.82) is 0 Å². The fourth-order valence-electron chi connectivity index (χ4n) is 1.80. The highest BCUT2D eigenvalue weighted by molar-refractivity contribution is 7.13. The lowest BCUT2D eigenvalue weighted by Crippen LogP contribution is -1.98. The number of carbonyl (C=O) groups is 1. The van der Waals surface area contributed by atoms with Crippen molar-refractivity contribution >= 4 is 40.5 Å². The molecule has 0 bridgehead atoms. The average Bonchev–Trinajstić information content (AvgIpc) is 3.09. The number of thiophene rings is 1. The first kappa shape index (κ1) is 14.1. The van der Waals surface area contributed by atoms with Crippen LogP contribution in [-0.4, -0.2) is 16.1 Å². The summed E-state index contributed by atoms with van der Waals surface area (Å²) in [6, 6.07) is 8.41. The van der Waals surface area contributed by atoms with E-state index in [0.29, 0.717) is 15.6 Å². The van der Waals surface area contributed by atoms with Crippen LogP contribution in [0.4, 0.5) is 0 Å². The Balaban J connectivity index is 2.16. The molecule has 0 radical (unpaired) electrons. The second-order valence-corrected chi connectivity index (χ2v) is 5.87. The first-order valence-electron chi connectivity index (χ1n) is 5.79. The second-order valence-electron chi connectivity index (χ2n) is 4.11. The minimum atomic E-state index is -1.16. The van der Waals surface area contributed by atoms with E-state index < -0.39 is 5.97 Å². The zero-order chi connectivity index (χ0) is 15.0. The number of hydrogen-bond donors (Lipinski definition) is 1. The van der Waals surface area contributed by atoms with Gasteiger partial charge in [0.2, 0.25) is 5.89 Å². The minimum absolute atomic E-state index is 0.156. The van der Waals surface area contributed by atoms with Gasteiger partial charge in [0.15, 0.2) is 11.5 Å². The number of benzene rings is 1. The van der Waals surface area contributed by atoms with E-state index in [4.69, 9.17) is 27.6 Å². The topological polar surface area (TPSA) is 63.3 Å². The Morgan fingerprint density at radius 3 is 2.67 bits per heavy atom. The molecule has 0 unspecified atom stereocenters. The van der Waals surface area contributed by atoms with Crippen molar-refractivity contribution in [1.82, 2.24) is 4.98 Å². The quantitative estimate of drug-likeness (QED) is 0.723. The zero-order valence-corrected chi connectivity index (χ0v) is 12.7. The first-order chi connectivity index (χ1) is 10.1. The number of rotatable bonds is 3. The highest BCUT2D eigenvalue weighted by atomic mass is 35.5. The molecule has 106 valence electrons. The summed E-state index contributed by atoms with van der Waals surface area (Å²) in [5, 5.41) is 11.8. The molecule has 4 nitrogen and oxygen atoms in total. The smallest absolute Gasteiger partial charge is 0.358 e. The van der Waals surface area contributed by atoms with Crippen molar-refractivity contribution in [2.24, 2.45) is 0 Å². The van der Waals surface area contributed by atoms with E-state index in [1.807, 2.05) is 11.4 Å². The SMILES string of the molecule is O=C(O)c1nc(-c2cccs2)oc1-c1ccc(Cl)c(Cl)c1. The van der Waals surface area contributed by atoms with Gasteiger partial charge in [-0.3, -0.25) is 0 Å². The van der Waals surface area contributed by atoms with Gasteiger partial charge in [-0.25, -0.2) is 9.78 Å². The van der Waals surface area contributed by atoms with Gasteiger partial charge in [-0.1, -0.05) is 29.3 Å². The molecule has 0 atom stereocenters. The molecule has 1 N–H and O–H groups in total. The van der Waals surface area contributed by atoms with Gasteiger partial charge in [0.1, 0.15) is 0 Å². The van der Waals surface area contributed by atoms with E-state index >= 15 is 0 Å². The lowest BCUT2D eigenvalue weighted by Gasteiger charge is -2.00. The summed E-state index contributed by atoms with van der Waals surface area (Å²) >= 11 is 13.2. The Kier molecular flexibility index (Phi) is 3.71. The predicted octanol–water partition coefficient (Wildman–Crippen LogP) is 5.08. The van der Waals surface area contributed by atoms with E-state index in [1.165, 1.54) is 11.3 Å². The van der Waals surface area contributed by atoms with Gasteiger partial charge in [0.25, 0.3) is 0 Å². The van der Waals surface area contributed by atoms with E-state index in [0.717, 1.165) is 4.88 Å². The molecule has 0 aliphatic rings. The fraction of sp³-hybridized carbons (Fsp3) is 0. The van der Waals surface area contributed by atoms with Gasteiger partial charge in [-0.15, -0.1) is 11.3 Å². The van der Waals surface area contributed by atoms with Crippen molar-refractivity contribution in [2.75, 3.05) is 0 Å². The monoisotopic (exact) mass is 339 g/mol. The largest absolute Gasteiger partial charge is 0.476 e. The maximum atomic E-state index is 11.4. The molecular formula is C14H7Cl2NO3S. The molecule has 2 aromatic heterocycles. The number of oxazole rings is 1. The zero-order valence-electron chi connectivity index (χ0n) is 10.3. The Hall–Kier alpha value is -1.82. The molecule has 0 spiro atoms. The average molecular weight is 340 g/mol. The van der Waals surface area contributed by atoms with Crippen LogP contribution in [-0.2, 0) is 0 Å². The number of halogens is 2. The number of aromatic carboxylic acids is 1. The standard InChI is InChI=1S/C14H7Cl2NO3S/c15-8-4-3-7(6-9(8)16)12-11(14(18)19)17-13(20-12)10-2-1-5-21-10/h1-6H,(H,18,19). The molecule has 0 saturated carbocycles. The summed E-state index contributed by atoms with van der Waals surface area (Å²) in [6.45, 7) is 0. The number of aromatic nitrogens is 1. The van der Waals surface area contributed by atoms with Gasteiger partial charge in [0, 0.05) is 5.56 Å². The lowest BCUT2D eigenvalue weighted by atomic mass is 10.1. The van der Waals surface area contributed by atoms with Crippen molar-refractivity contribution in [3.05, 3.63) is 51.5 Å². The van der Waals surface area contributed by atoms with E-state index in [9.17, 15) is 9.90 Å². The molecule has 0 fully saturated rings. The fourth-order valence-corrected chi connectivity index (χ4v) is 2.75. The van der Waals surface area contributed by atoms with Crippen molar-refractivity contribution in [3.63, 3.8) is 0 Å². The van der Waals surface area contributed by atoms with E-state index in [2.05, 4.69) is 4.98 Å². The summed E-state index contributed by atoms with van der Waals surface area (Å²) in [6.07, 6.45) is 0. The van der Waals surface area contributed by atoms with Gasteiger partial charge in [-0.05, 0) is 29.6 Å². The third kappa shape index (κ3) is 2.68. The second kappa shape index (κ2) is 5.52. The van der Waals surface area contributed by atoms with Crippen LogP contribution in [0.2, 0.25) is 10.0 Å². The molecule has 0 amide bonds. The molecule has 1 aromatic carbocycles. The maximum absolute atomic E-state index is 11.4. The van der Waals surface area contributed by atoms with Crippen LogP contribution in [0.5, 0.6) is 0 Å². The van der Waals surface area contributed by atoms with Crippen LogP contribution in [0.15, 0.2) is 40.1 Å². The number of carboxylic acid groups (broad SMARTS) is 1. The number of carboxylic acids is 1. The Labute approximate surface area is 133 Å². The molecule has 3 aromatic rings. The summed E-state index contributed by atoms with van der Waals surface area (Å²) < 4.78 is 5.62. The van der Waals surface area contributed by atoms with Crippen molar-refractivity contribution in [2.45, 2.75) is 0 Å². The van der Waals surface area contributed by atoms with Gasteiger partial charge in [0.05, 0.1) is 14.9 Å². The van der Waals surface area contributed by atoms with Crippen molar-refractivity contribution in [3.8, 4) is 22.1 Å². The summed E-state index contributed by atoms with van der Waals surface area (Å²) in [7, 11) is 0. The predicted molar refractivity (Wildman–Crippen MR) is 82.2 cm³/mol. The van der Waals surface area contributed by atoms with E-state index in [-0.39, 0.29) is 17.3 Å². The summed E-state index contributed by atoms with van der Waals surface area (Å²) in [5.74, 6) is -0.740. The van der Waals surface area contributed by atoms with Crippen molar-refractivity contribution < 1.29 is 14.3 Å². The Morgan fingerprint density at radius 1 is 1.24 bits per heavy atom. The molecule has 2 heterocycles. The lowest BCUT2D eigenvalue weighted by molar-refractivity contribution is 0.0691. The van der Waals surface area contributed by atoms with Gasteiger partial charge >= 0.3 is 5.97 Å². The van der Waals surface area contributed by atoms with Crippen LogP contribution in [0.25, 0.3) is 22.1 Å². The highest BCUT2D eigenvalue weighted by Crippen LogP contribution is 2.34. The maximum Gasteiger partial charge on any atom is 0.358 e. The normalized spacial score (nSPS) is 10.8. The Bertz CT molecular complexity index is 812. The highest BCUT2D eigenvalue weighted by Gasteiger charge is 2.22. The van der Waals surface area contributed by atoms with Gasteiger partial charge in [-0.2, -0.15) is 0 Å². The van der Waals surface area contributed by atoms with Crippen LogP contribution in [0.3, 0.4) is 0 Å². The summed E-state index contributed by atoms with van der Waals surface area (Å²) in [5.41, 5.74) is 0.355. The summed E-state index contributed by atoms with van der Waals surface area (Å²) in [4.78, 5) is 16.2. The minimum Gasteiger partial charge on any atom is -0.476 e. The molecule has 0 aliphatic heterocycles. The Morgan fingerprint density at radius 2 is 2.05 bits per heavy atom. The molecule has 3 rings (SSSR count). The molecule has 21 heavy (non-hydrogen) atoms. The van der Waals surface area contributed by atoms with E-state index in [1.54, 1.807) is 24.3 Å². The molecule has 7 heteroatoms. The van der Waals surface area contributed by atoms with Gasteiger partial charge < -0.3 is 9.52 Å². The number of nitrogens with zero attached hydrogens (tertiary/aromatic N) is 1. The molecule has 0 saturated heterocycles. The van der Waals surface area contributed by atoms with Crippen LogP contribution in [0.1, 0.15) is 10.5 Å². The van der Waals surface area contributed by atoms with Crippen LogP contribution >= 0.6 is 34.5 Å². The molecule has 0 aliphatic carbocycles. The molecular weight excluding hydrogens is 333 g/mol. The first-order valence-corrected chi connectivity index (χ1v) is 7.43. The van der Waals surface area contributed by atoms with Crippen LogP contribution < -0.4 is 0 Å². The third-order valence-electron chi connectivity index (χ3n) is 2.74.